The lowest BCUT2D eigenvalue weighted by molar-refractivity contribution is -0.138. The highest BCUT2D eigenvalue weighted by atomic mass is 19.4. The summed E-state index contributed by atoms with van der Waals surface area (Å²) in [5, 5.41) is 3.21. The fraction of sp³-hybridized carbons (Fsp3) is 0.625. The number of hydrogen-bond acceptors (Lipinski definition) is 4. The molecule has 0 bridgehead atoms. The predicted molar refractivity (Wildman–Crippen MR) is 81.1 cm³/mol. The highest BCUT2D eigenvalue weighted by Gasteiger charge is 2.36. The summed E-state index contributed by atoms with van der Waals surface area (Å²) in [5.74, 6) is 0.504. The molecular weight excluding hydrogens is 309 g/mol. The van der Waals surface area contributed by atoms with Gasteiger partial charge in [0.25, 0.3) is 0 Å². The first-order valence-electron chi connectivity index (χ1n) is 7.86. The van der Waals surface area contributed by atoms with Crippen molar-refractivity contribution in [2.75, 3.05) is 44.8 Å². The second-order valence-electron chi connectivity index (χ2n) is 5.97. The van der Waals surface area contributed by atoms with Gasteiger partial charge >= 0.3 is 6.18 Å². The van der Waals surface area contributed by atoms with Crippen molar-refractivity contribution in [1.29, 1.82) is 0 Å². The fourth-order valence-corrected chi connectivity index (χ4v) is 3.18. The number of hydrogen-bond donors (Lipinski definition) is 1. The lowest BCUT2D eigenvalue weighted by atomic mass is 9.95. The summed E-state index contributed by atoms with van der Waals surface area (Å²) in [6.07, 6.45) is -3.27. The Morgan fingerprint density at radius 1 is 1.39 bits per heavy atom. The van der Waals surface area contributed by atoms with Crippen LogP contribution in [-0.4, -0.2) is 46.0 Å². The van der Waals surface area contributed by atoms with Gasteiger partial charge in [-0.25, -0.2) is 0 Å². The van der Waals surface area contributed by atoms with Gasteiger partial charge in [0, 0.05) is 26.7 Å². The Bertz CT molecular complexity index is 557. The Labute approximate surface area is 133 Å². The number of benzene rings is 1. The molecule has 0 saturated carbocycles. The molecule has 1 unspecified atom stereocenters. The van der Waals surface area contributed by atoms with E-state index in [2.05, 4.69) is 5.32 Å². The van der Waals surface area contributed by atoms with Crippen molar-refractivity contribution in [3.63, 3.8) is 0 Å². The lowest BCUT2D eigenvalue weighted by Gasteiger charge is -2.32. The largest absolute Gasteiger partial charge is 0.489 e. The van der Waals surface area contributed by atoms with Crippen molar-refractivity contribution >= 4 is 5.69 Å². The predicted octanol–water partition coefficient (Wildman–Crippen LogP) is 2.46. The van der Waals surface area contributed by atoms with Crippen molar-refractivity contribution in [2.24, 2.45) is 0 Å². The number of ether oxygens (including phenoxy) is 2. The maximum Gasteiger partial charge on any atom is 0.416 e. The Morgan fingerprint density at radius 3 is 2.91 bits per heavy atom. The number of fused-ring (bicyclic) bond motifs is 1. The minimum Gasteiger partial charge on any atom is -0.489 e. The first kappa shape index (κ1) is 16.4. The molecule has 0 aliphatic carbocycles. The first-order valence-corrected chi connectivity index (χ1v) is 7.86. The normalized spacial score (nSPS) is 21.9. The van der Waals surface area contributed by atoms with Crippen molar-refractivity contribution in [2.45, 2.75) is 25.1 Å². The third-order valence-corrected chi connectivity index (χ3v) is 4.28. The Balaban J connectivity index is 1.85. The van der Waals surface area contributed by atoms with Crippen molar-refractivity contribution in [1.82, 2.24) is 5.32 Å². The number of nitrogens with zero attached hydrogens (tertiary/aromatic N) is 1. The van der Waals surface area contributed by atoms with Crippen LogP contribution in [0.2, 0.25) is 0 Å². The minimum absolute atomic E-state index is 0.0735. The minimum atomic E-state index is -4.34. The molecular formula is C16H21F3N2O2. The van der Waals surface area contributed by atoms with E-state index in [1.54, 1.807) is 0 Å². The molecule has 1 fully saturated rings. The zero-order valence-corrected chi connectivity index (χ0v) is 13.1. The molecule has 1 atom stereocenters. The summed E-state index contributed by atoms with van der Waals surface area (Å²) in [4.78, 5) is 1.85. The Kier molecular flexibility index (Phi) is 4.68. The van der Waals surface area contributed by atoms with Crippen molar-refractivity contribution in [3.05, 3.63) is 23.3 Å². The van der Waals surface area contributed by atoms with Gasteiger partial charge in [-0.15, -0.1) is 0 Å². The first-order chi connectivity index (χ1) is 11.0. The van der Waals surface area contributed by atoms with E-state index in [0.29, 0.717) is 49.6 Å². The van der Waals surface area contributed by atoms with Crippen LogP contribution in [0, 0.1) is 0 Å². The molecule has 7 heteroatoms. The quantitative estimate of drug-likeness (QED) is 0.923. The summed E-state index contributed by atoms with van der Waals surface area (Å²) in [6.45, 7) is 3.19. The number of anilines is 1. The summed E-state index contributed by atoms with van der Waals surface area (Å²) in [7, 11) is 1.81. The van der Waals surface area contributed by atoms with Gasteiger partial charge in [0.05, 0.1) is 17.9 Å². The summed E-state index contributed by atoms with van der Waals surface area (Å²) < 4.78 is 51.0. The van der Waals surface area contributed by atoms with Gasteiger partial charge in [0.1, 0.15) is 18.5 Å². The zero-order chi connectivity index (χ0) is 16.4. The van der Waals surface area contributed by atoms with E-state index in [0.717, 1.165) is 19.2 Å². The van der Waals surface area contributed by atoms with E-state index in [-0.39, 0.29) is 6.10 Å². The van der Waals surface area contributed by atoms with Gasteiger partial charge in [-0.1, -0.05) is 0 Å². The van der Waals surface area contributed by atoms with Crippen molar-refractivity contribution < 1.29 is 22.6 Å². The van der Waals surface area contributed by atoms with Gasteiger partial charge in [-0.05, 0) is 30.5 Å². The fourth-order valence-electron chi connectivity index (χ4n) is 3.18. The molecule has 0 radical (unpaired) electrons. The van der Waals surface area contributed by atoms with Crippen LogP contribution >= 0.6 is 0 Å². The monoisotopic (exact) mass is 330 g/mol. The molecule has 0 spiro atoms. The van der Waals surface area contributed by atoms with Crippen LogP contribution in [0.15, 0.2) is 12.1 Å². The molecule has 4 nitrogen and oxygen atoms in total. The van der Waals surface area contributed by atoms with E-state index < -0.39 is 11.7 Å². The molecule has 1 saturated heterocycles. The standard InChI is InChI=1S/C16H21F3N2O2/c1-21-7-2-3-12-13(16(17,18)19)4-5-14(15(12)21)23-10-11-9-20-6-8-22-11/h4-5,11,20H,2-3,6-10H2,1H3. The molecule has 1 aromatic carbocycles. The van der Waals surface area contributed by atoms with Gasteiger partial charge in [-0.3, -0.25) is 0 Å². The number of halogens is 3. The zero-order valence-electron chi connectivity index (χ0n) is 13.1. The molecule has 2 aliphatic rings. The number of nitrogens with one attached hydrogen (secondary N) is 1. The van der Waals surface area contributed by atoms with Crippen LogP contribution in [-0.2, 0) is 17.3 Å². The van der Waals surface area contributed by atoms with E-state index in [4.69, 9.17) is 9.47 Å². The van der Waals surface area contributed by atoms with Crippen LogP contribution in [0.3, 0.4) is 0 Å². The Morgan fingerprint density at radius 2 is 2.22 bits per heavy atom. The van der Waals surface area contributed by atoms with Gasteiger partial charge < -0.3 is 19.7 Å². The maximum absolute atomic E-state index is 13.2. The van der Waals surface area contributed by atoms with Crippen LogP contribution < -0.4 is 15.0 Å². The average molecular weight is 330 g/mol. The lowest BCUT2D eigenvalue weighted by Crippen LogP contribution is -2.41. The average Bonchev–Trinajstić information content (AvgIpc) is 2.52. The maximum atomic E-state index is 13.2. The molecule has 23 heavy (non-hydrogen) atoms. The van der Waals surface area contributed by atoms with E-state index in [1.165, 1.54) is 6.07 Å². The summed E-state index contributed by atoms with van der Waals surface area (Å²) in [6, 6.07) is 2.56. The third-order valence-electron chi connectivity index (χ3n) is 4.28. The summed E-state index contributed by atoms with van der Waals surface area (Å²) >= 11 is 0. The van der Waals surface area contributed by atoms with Crippen LogP contribution in [0.5, 0.6) is 5.75 Å². The molecule has 0 amide bonds. The SMILES string of the molecule is CN1CCCc2c(C(F)(F)F)ccc(OCC3CNCCO3)c21. The molecule has 1 N–H and O–H groups in total. The van der Waals surface area contributed by atoms with Crippen LogP contribution in [0.4, 0.5) is 18.9 Å². The summed E-state index contributed by atoms with van der Waals surface area (Å²) in [5.41, 5.74) is 0.350. The number of alkyl halides is 3. The Hall–Kier alpha value is -1.47. The number of rotatable bonds is 3. The van der Waals surface area contributed by atoms with Crippen molar-refractivity contribution in [3.8, 4) is 5.75 Å². The van der Waals surface area contributed by atoms with E-state index in [1.807, 2.05) is 11.9 Å². The van der Waals surface area contributed by atoms with Gasteiger partial charge in [0.15, 0.2) is 0 Å². The third kappa shape index (κ3) is 3.55. The molecule has 2 aliphatic heterocycles. The second kappa shape index (κ2) is 6.57. The van der Waals surface area contributed by atoms with Crippen LogP contribution in [0.25, 0.3) is 0 Å². The van der Waals surface area contributed by atoms with E-state index in [9.17, 15) is 13.2 Å². The highest BCUT2D eigenvalue weighted by Crippen LogP contribution is 2.43. The van der Waals surface area contributed by atoms with Gasteiger partial charge in [-0.2, -0.15) is 13.2 Å². The molecule has 1 aromatic rings. The van der Waals surface area contributed by atoms with Crippen LogP contribution in [0.1, 0.15) is 17.5 Å². The molecule has 0 aromatic heterocycles. The molecule has 128 valence electrons. The topological polar surface area (TPSA) is 33.7 Å². The molecule has 3 rings (SSSR count). The molecule has 2 heterocycles. The second-order valence-corrected chi connectivity index (χ2v) is 5.97. The van der Waals surface area contributed by atoms with Gasteiger partial charge in [0.2, 0.25) is 0 Å². The van der Waals surface area contributed by atoms with E-state index >= 15 is 0 Å². The highest BCUT2D eigenvalue weighted by molar-refractivity contribution is 5.67. The number of morpholine rings is 1. The smallest absolute Gasteiger partial charge is 0.416 e.